The molecule has 0 spiro atoms. The number of aryl methyl sites for hydroxylation is 2. The summed E-state index contributed by atoms with van der Waals surface area (Å²) in [6, 6.07) is -0.217. The molecule has 2 heterocycles. The van der Waals surface area contributed by atoms with Crippen LogP contribution < -0.4 is 0 Å². The molecule has 1 aromatic heterocycles. The van der Waals surface area contributed by atoms with Gasteiger partial charge in [0.2, 0.25) is 0 Å². The van der Waals surface area contributed by atoms with E-state index in [-0.39, 0.29) is 12.1 Å². The fourth-order valence-electron chi connectivity index (χ4n) is 4.15. The molecule has 4 unspecified atom stereocenters. The van der Waals surface area contributed by atoms with Gasteiger partial charge in [0.15, 0.2) is 0 Å². The molecule has 5 heteroatoms. The average molecular weight is 294 g/mol. The van der Waals surface area contributed by atoms with Crippen molar-refractivity contribution in [3.8, 4) is 0 Å². The number of carbonyl (C=O) groups is 1. The van der Waals surface area contributed by atoms with E-state index in [0.717, 1.165) is 23.7 Å². The molecule has 0 aromatic carbocycles. The molecule has 1 aliphatic heterocycles. The van der Waals surface area contributed by atoms with E-state index >= 15 is 0 Å². The molecule has 1 aromatic rings. The van der Waals surface area contributed by atoms with Crippen LogP contribution in [0, 0.1) is 25.7 Å². The summed E-state index contributed by atoms with van der Waals surface area (Å²) in [6.07, 6.45) is 3.45. The van der Waals surface area contributed by atoms with Crippen LogP contribution in [0.5, 0.6) is 0 Å². The number of carboxylic acid groups (broad SMARTS) is 1. The third kappa shape index (κ3) is 2.17. The summed E-state index contributed by atoms with van der Waals surface area (Å²) in [5.74, 6) is 0.254. The molecule has 0 bridgehead atoms. The van der Waals surface area contributed by atoms with Crippen molar-refractivity contribution in [2.75, 3.05) is 6.54 Å². The van der Waals surface area contributed by atoms with E-state index < -0.39 is 5.97 Å². The average Bonchev–Trinajstić information content (AvgIpc) is 3.00. The van der Waals surface area contributed by atoms with Gasteiger partial charge < -0.3 is 5.11 Å². The Balaban J connectivity index is 1.88. The number of nitrogens with zero attached hydrogens (tertiary/aromatic N) is 2. The molecule has 3 rings (SSSR count). The molecule has 110 valence electrons. The lowest BCUT2D eigenvalue weighted by Gasteiger charge is -2.29. The third-order valence-corrected chi connectivity index (χ3v) is 5.91. The highest BCUT2D eigenvalue weighted by molar-refractivity contribution is 7.11. The van der Waals surface area contributed by atoms with Gasteiger partial charge in [0, 0.05) is 11.4 Å². The zero-order chi connectivity index (χ0) is 14.4. The first-order valence-corrected chi connectivity index (χ1v) is 8.23. The van der Waals surface area contributed by atoms with Gasteiger partial charge in [0.05, 0.1) is 16.7 Å². The summed E-state index contributed by atoms with van der Waals surface area (Å²) in [6.45, 7) is 7.13. The number of hydrogen-bond acceptors (Lipinski definition) is 4. The molecule has 4 atom stereocenters. The van der Waals surface area contributed by atoms with Crippen LogP contribution in [-0.2, 0) is 4.79 Å². The van der Waals surface area contributed by atoms with Crippen LogP contribution in [0.3, 0.4) is 0 Å². The van der Waals surface area contributed by atoms with Crippen LogP contribution in [0.15, 0.2) is 0 Å². The topological polar surface area (TPSA) is 53.4 Å². The Morgan fingerprint density at radius 3 is 2.80 bits per heavy atom. The minimum Gasteiger partial charge on any atom is -0.480 e. The summed E-state index contributed by atoms with van der Waals surface area (Å²) in [4.78, 5) is 19.7. The highest BCUT2D eigenvalue weighted by atomic mass is 32.1. The first-order chi connectivity index (χ1) is 9.49. The number of hydrogen-bond donors (Lipinski definition) is 1. The lowest BCUT2D eigenvalue weighted by Crippen LogP contribution is -2.41. The minimum atomic E-state index is -0.657. The Labute approximate surface area is 123 Å². The maximum absolute atomic E-state index is 11.7. The predicted octanol–water partition coefficient (Wildman–Crippen LogP) is 3.01. The number of aromatic nitrogens is 1. The van der Waals surface area contributed by atoms with Crippen LogP contribution in [0.4, 0.5) is 0 Å². The van der Waals surface area contributed by atoms with Crippen LogP contribution in [0.1, 0.15) is 47.8 Å². The van der Waals surface area contributed by atoms with E-state index in [2.05, 4.69) is 23.7 Å². The smallest absolute Gasteiger partial charge is 0.321 e. The predicted molar refractivity (Wildman–Crippen MR) is 79.0 cm³/mol. The summed E-state index contributed by atoms with van der Waals surface area (Å²) >= 11 is 1.70. The van der Waals surface area contributed by atoms with Crippen LogP contribution in [-0.4, -0.2) is 33.5 Å². The molecule has 1 saturated heterocycles. The molecule has 20 heavy (non-hydrogen) atoms. The molecular formula is C15H22N2O2S. The van der Waals surface area contributed by atoms with Crippen molar-refractivity contribution in [2.24, 2.45) is 11.8 Å². The second-order valence-corrected chi connectivity index (χ2v) is 7.59. The molecule has 0 radical (unpaired) electrons. The van der Waals surface area contributed by atoms with Gasteiger partial charge in [-0.2, -0.15) is 0 Å². The number of aliphatic carboxylic acids is 1. The largest absolute Gasteiger partial charge is 0.480 e. The number of likely N-dealkylation sites (tertiary alicyclic amines) is 1. The van der Waals surface area contributed by atoms with E-state index in [1.165, 1.54) is 17.7 Å². The Kier molecular flexibility index (Phi) is 3.58. The summed E-state index contributed by atoms with van der Waals surface area (Å²) in [5, 5.41) is 10.7. The lowest BCUT2D eigenvalue weighted by molar-refractivity contribution is -0.144. The molecule has 1 saturated carbocycles. The Bertz CT molecular complexity index is 528. The Morgan fingerprint density at radius 2 is 2.20 bits per heavy atom. The van der Waals surface area contributed by atoms with E-state index in [9.17, 15) is 9.90 Å². The summed E-state index contributed by atoms with van der Waals surface area (Å²) in [5.41, 5.74) is 1.07. The third-order valence-electron chi connectivity index (χ3n) is 5.01. The SMILES string of the molecule is Cc1nc(C(C)N2CC3CCCC3C2C(=O)O)c(C)s1. The van der Waals surface area contributed by atoms with Crippen LogP contribution in [0.25, 0.3) is 0 Å². The number of rotatable bonds is 3. The van der Waals surface area contributed by atoms with Gasteiger partial charge in [-0.25, -0.2) is 4.98 Å². The summed E-state index contributed by atoms with van der Waals surface area (Å²) < 4.78 is 0. The number of thiazole rings is 1. The van der Waals surface area contributed by atoms with Crippen molar-refractivity contribution >= 4 is 17.3 Å². The maximum Gasteiger partial charge on any atom is 0.321 e. The van der Waals surface area contributed by atoms with Crippen molar-refractivity contribution < 1.29 is 9.90 Å². The van der Waals surface area contributed by atoms with Crippen LogP contribution in [0.2, 0.25) is 0 Å². The van der Waals surface area contributed by atoms with E-state index in [4.69, 9.17) is 0 Å². The van der Waals surface area contributed by atoms with Gasteiger partial charge in [0.1, 0.15) is 6.04 Å². The highest BCUT2D eigenvalue weighted by Gasteiger charge is 2.49. The van der Waals surface area contributed by atoms with Gasteiger partial charge in [-0.1, -0.05) is 6.42 Å². The molecular weight excluding hydrogens is 272 g/mol. The first-order valence-electron chi connectivity index (χ1n) is 7.41. The molecule has 2 fully saturated rings. The second-order valence-electron chi connectivity index (χ2n) is 6.18. The molecule has 1 aliphatic carbocycles. The quantitative estimate of drug-likeness (QED) is 0.931. The van der Waals surface area contributed by atoms with Crippen molar-refractivity contribution in [3.05, 3.63) is 15.6 Å². The normalized spacial score (nSPS) is 31.4. The van der Waals surface area contributed by atoms with Gasteiger partial charge in [-0.3, -0.25) is 9.69 Å². The van der Waals surface area contributed by atoms with E-state index in [1.54, 1.807) is 11.3 Å². The second kappa shape index (κ2) is 5.11. The van der Waals surface area contributed by atoms with E-state index in [0.29, 0.717) is 11.8 Å². The zero-order valence-electron chi connectivity index (χ0n) is 12.3. The van der Waals surface area contributed by atoms with Gasteiger partial charge in [0.25, 0.3) is 0 Å². The van der Waals surface area contributed by atoms with Crippen LogP contribution >= 0.6 is 11.3 Å². The van der Waals surface area contributed by atoms with E-state index in [1.807, 2.05) is 6.92 Å². The zero-order valence-corrected chi connectivity index (χ0v) is 13.1. The lowest BCUT2D eigenvalue weighted by atomic mass is 9.94. The monoisotopic (exact) mass is 294 g/mol. The van der Waals surface area contributed by atoms with Crippen molar-refractivity contribution in [1.29, 1.82) is 0 Å². The Morgan fingerprint density at radius 1 is 1.45 bits per heavy atom. The molecule has 2 aliphatic rings. The summed E-state index contributed by atoms with van der Waals surface area (Å²) in [7, 11) is 0. The van der Waals surface area contributed by atoms with Crippen molar-refractivity contribution in [3.63, 3.8) is 0 Å². The molecule has 4 nitrogen and oxygen atoms in total. The standard InChI is InChI=1S/C15H22N2O2S/c1-8(13-9(2)20-10(3)16-13)17-7-11-5-4-6-12(11)14(17)15(18)19/h8,11-12,14H,4-7H2,1-3H3,(H,18,19). The fourth-order valence-corrected chi connectivity index (χ4v) is 5.06. The maximum atomic E-state index is 11.7. The van der Waals surface area contributed by atoms with Gasteiger partial charge in [-0.05, 0) is 45.4 Å². The van der Waals surface area contributed by atoms with Gasteiger partial charge >= 0.3 is 5.97 Å². The Hall–Kier alpha value is -0.940. The number of carboxylic acids is 1. The molecule has 0 amide bonds. The van der Waals surface area contributed by atoms with Gasteiger partial charge in [-0.15, -0.1) is 11.3 Å². The highest BCUT2D eigenvalue weighted by Crippen LogP contribution is 2.45. The van der Waals surface area contributed by atoms with Crippen molar-refractivity contribution in [1.82, 2.24) is 9.88 Å². The fraction of sp³-hybridized carbons (Fsp3) is 0.733. The number of fused-ring (bicyclic) bond motifs is 1. The minimum absolute atomic E-state index is 0.103. The molecule has 1 N–H and O–H groups in total. The van der Waals surface area contributed by atoms with Crippen molar-refractivity contribution in [2.45, 2.75) is 52.1 Å². The first kappa shape index (κ1) is 14.0.